The minimum absolute atomic E-state index is 0.167. The number of rotatable bonds is 3. The number of piperazine rings is 1. The van der Waals surface area contributed by atoms with Crippen LogP contribution in [0.4, 0.5) is 18.9 Å². The summed E-state index contributed by atoms with van der Waals surface area (Å²) >= 11 is 1.60. The van der Waals surface area contributed by atoms with Gasteiger partial charge in [0.05, 0.1) is 17.2 Å². The monoisotopic (exact) mass is 370 g/mol. The number of hydrogen-bond donors (Lipinski definition) is 0. The largest absolute Gasteiger partial charge is 0.433 e. The second-order valence-electron chi connectivity index (χ2n) is 5.89. The number of halogens is 3. The number of carbonyl (C=O) groups is 1. The lowest BCUT2D eigenvalue weighted by molar-refractivity contribution is -0.141. The molecule has 0 unspecified atom stereocenters. The van der Waals surface area contributed by atoms with Crippen molar-refractivity contribution < 1.29 is 18.0 Å². The summed E-state index contributed by atoms with van der Waals surface area (Å²) in [6.45, 7) is 5.60. The van der Waals surface area contributed by atoms with Crippen molar-refractivity contribution in [3.8, 4) is 0 Å². The number of pyridine rings is 1. The van der Waals surface area contributed by atoms with Crippen LogP contribution in [0.5, 0.6) is 0 Å². The molecule has 0 spiro atoms. The first-order valence-electron chi connectivity index (χ1n) is 7.73. The van der Waals surface area contributed by atoms with E-state index >= 15 is 0 Å². The molecule has 25 heavy (non-hydrogen) atoms. The van der Waals surface area contributed by atoms with E-state index in [2.05, 4.69) is 9.97 Å². The van der Waals surface area contributed by atoms with Crippen LogP contribution in [-0.2, 0) is 17.5 Å². The molecular weight excluding hydrogens is 353 g/mol. The van der Waals surface area contributed by atoms with Crippen LogP contribution in [0, 0.1) is 13.8 Å². The summed E-state index contributed by atoms with van der Waals surface area (Å²) in [4.78, 5) is 24.6. The van der Waals surface area contributed by atoms with Crippen LogP contribution in [0.25, 0.3) is 0 Å². The predicted octanol–water partition coefficient (Wildman–Crippen LogP) is 3.02. The van der Waals surface area contributed by atoms with Gasteiger partial charge in [-0.15, -0.1) is 11.3 Å². The number of amides is 1. The molecule has 0 N–H and O–H groups in total. The number of hydrogen-bond acceptors (Lipinski definition) is 5. The van der Waals surface area contributed by atoms with E-state index in [4.69, 9.17) is 0 Å². The number of aromatic nitrogens is 2. The van der Waals surface area contributed by atoms with E-state index in [9.17, 15) is 18.0 Å². The van der Waals surface area contributed by atoms with Gasteiger partial charge in [-0.2, -0.15) is 13.2 Å². The highest BCUT2D eigenvalue weighted by Gasteiger charge is 2.34. The summed E-state index contributed by atoms with van der Waals surface area (Å²) in [7, 11) is 0. The summed E-state index contributed by atoms with van der Waals surface area (Å²) in [5.74, 6) is -0.218. The molecule has 0 bridgehead atoms. The lowest BCUT2D eigenvalue weighted by Gasteiger charge is -2.34. The number of carbonyl (C=O) groups excluding carboxylic acids is 1. The van der Waals surface area contributed by atoms with Gasteiger partial charge in [-0.25, -0.2) is 4.98 Å². The van der Waals surface area contributed by atoms with Gasteiger partial charge in [-0.05, 0) is 26.0 Å². The smallest absolute Gasteiger partial charge is 0.310 e. The molecule has 3 heterocycles. The summed E-state index contributed by atoms with van der Waals surface area (Å²) in [6, 6.07) is 2.35. The Balaban J connectivity index is 1.70. The van der Waals surface area contributed by atoms with Gasteiger partial charge in [-0.1, -0.05) is 0 Å². The Morgan fingerprint density at radius 3 is 2.64 bits per heavy atom. The quantitative estimate of drug-likeness (QED) is 0.833. The number of aryl methyl sites for hydroxylation is 2. The van der Waals surface area contributed by atoms with Crippen molar-refractivity contribution in [2.24, 2.45) is 0 Å². The second-order valence-corrected chi connectivity index (χ2v) is 7.18. The van der Waals surface area contributed by atoms with E-state index in [-0.39, 0.29) is 18.1 Å². The molecule has 134 valence electrons. The van der Waals surface area contributed by atoms with Crippen molar-refractivity contribution in [3.05, 3.63) is 39.6 Å². The van der Waals surface area contributed by atoms with E-state index in [0.717, 1.165) is 27.8 Å². The maximum atomic E-state index is 12.8. The molecule has 1 fully saturated rings. The molecule has 1 saturated heterocycles. The fourth-order valence-electron chi connectivity index (χ4n) is 2.80. The SMILES string of the molecule is Cc1nc(C)c(CN2CCN(c3ccnc(C(F)(F)F)c3)C(=O)C2)s1. The van der Waals surface area contributed by atoms with Gasteiger partial charge in [0.25, 0.3) is 0 Å². The van der Waals surface area contributed by atoms with Crippen molar-refractivity contribution in [1.82, 2.24) is 14.9 Å². The maximum absolute atomic E-state index is 12.8. The number of alkyl halides is 3. The Kier molecular flexibility index (Phi) is 4.79. The standard InChI is InChI=1S/C16H17F3N4OS/c1-10-13(25-11(2)21-10)8-22-5-6-23(15(24)9-22)12-3-4-20-14(7-12)16(17,18)19/h3-4,7H,5-6,8-9H2,1-2H3. The van der Waals surface area contributed by atoms with Gasteiger partial charge in [0.2, 0.25) is 5.91 Å². The zero-order chi connectivity index (χ0) is 18.2. The molecule has 1 amide bonds. The number of nitrogens with zero attached hydrogens (tertiary/aromatic N) is 4. The van der Waals surface area contributed by atoms with Crippen LogP contribution in [-0.4, -0.2) is 40.4 Å². The van der Waals surface area contributed by atoms with Crippen LogP contribution in [0.3, 0.4) is 0 Å². The van der Waals surface area contributed by atoms with Crippen molar-refractivity contribution >= 4 is 22.9 Å². The fraction of sp³-hybridized carbons (Fsp3) is 0.438. The van der Waals surface area contributed by atoms with Crippen LogP contribution in [0.1, 0.15) is 21.3 Å². The fourth-order valence-corrected chi connectivity index (χ4v) is 3.78. The molecule has 0 aliphatic carbocycles. The summed E-state index contributed by atoms with van der Waals surface area (Å²) in [5, 5.41) is 0.980. The normalized spacial score (nSPS) is 16.5. The van der Waals surface area contributed by atoms with Crippen LogP contribution in [0.2, 0.25) is 0 Å². The van der Waals surface area contributed by atoms with Gasteiger partial charge < -0.3 is 4.90 Å². The minimum atomic E-state index is -4.53. The van der Waals surface area contributed by atoms with Gasteiger partial charge in [-0.3, -0.25) is 14.7 Å². The van der Waals surface area contributed by atoms with Gasteiger partial charge in [0.1, 0.15) is 5.69 Å². The molecule has 1 aliphatic heterocycles. The Morgan fingerprint density at radius 1 is 1.28 bits per heavy atom. The molecule has 0 radical (unpaired) electrons. The molecule has 0 saturated carbocycles. The lowest BCUT2D eigenvalue weighted by atomic mass is 10.2. The van der Waals surface area contributed by atoms with Crippen LogP contribution < -0.4 is 4.90 Å². The van der Waals surface area contributed by atoms with Crippen molar-refractivity contribution in [1.29, 1.82) is 0 Å². The van der Waals surface area contributed by atoms with E-state index < -0.39 is 11.9 Å². The van der Waals surface area contributed by atoms with Gasteiger partial charge in [0, 0.05) is 36.4 Å². The highest BCUT2D eigenvalue weighted by Crippen LogP contribution is 2.30. The molecule has 5 nitrogen and oxygen atoms in total. The van der Waals surface area contributed by atoms with E-state index in [1.807, 2.05) is 18.7 Å². The van der Waals surface area contributed by atoms with Crippen molar-refractivity contribution in [3.63, 3.8) is 0 Å². The zero-order valence-electron chi connectivity index (χ0n) is 13.8. The van der Waals surface area contributed by atoms with Crippen LogP contribution >= 0.6 is 11.3 Å². The molecule has 0 aromatic carbocycles. The zero-order valence-corrected chi connectivity index (χ0v) is 14.6. The summed E-state index contributed by atoms with van der Waals surface area (Å²) in [5.41, 5.74) is 0.203. The van der Waals surface area contributed by atoms with Gasteiger partial charge >= 0.3 is 6.18 Å². The van der Waals surface area contributed by atoms with Crippen molar-refractivity contribution in [2.75, 3.05) is 24.5 Å². The minimum Gasteiger partial charge on any atom is -0.310 e. The van der Waals surface area contributed by atoms with E-state index in [1.54, 1.807) is 11.3 Å². The lowest BCUT2D eigenvalue weighted by Crippen LogP contribution is -2.50. The predicted molar refractivity (Wildman–Crippen MR) is 88.5 cm³/mol. The Labute approximate surface area is 147 Å². The summed E-state index contributed by atoms with van der Waals surface area (Å²) < 4.78 is 38.4. The first-order chi connectivity index (χ1) is 11.7. The Bertz CT molecular complexity index is 790. The molecular formula is C16H17F3N4OS. The molecule has 2 aromatic heterocycles. The number of anilines is 1. The molecule has 1 aliphatic rings. The first-order valence-corrected chi connectivity index (χ1v) is 8.54. The third-order valence-electron chi connectivity index (χ3n) is 4.01. The van der Waals surface area contributed by atoms with Gasteiger partial charge in [0.15, 0.2) is 0 Å². The molecule has 3 rings (SSSR count). The average Bonchev–Trinajstić information content (AvgIpc) is 2.84. The molecule has 0 atom stereocenters. The highest BCUT2D eigenvalue weighted by molar-refractivity contribution is 7.11. The van der Waals surface area contributed by atoms with Crippen molar-refractivity contribution in [2.45, 2.75) is 26.6 Å². The third kappa shape index (κ3) is 3.98. The molecule has 2 aromatic rings. The highest BCUT2D eigenvalue weighted by atomic mass is 32.1. The number of thiazole rings is 1. The van der Waals surface area contributed by atoms with E-state index in [0.29, 0.717) is 19.6 Å². The third-order valence-corrected chi connectivity index (χ3v) is 5.07. The Hall–Kier alpha value is -2.00. The topological polar surface area (TPSA) is 49.3 Å². The summed E-state index contributed by atoms with van der Waals surface area (Å²) in [6.07, 6.45) is -3.44. The first kappa shape index (κ1) is 17.8. The Morgan fingerprint density at radius 2 is 2.04 bits per heavy atom. The maximum Gasteiger partial charge on any atom is 0.433 e. The van der Waals surface area contributed by atoms with Crippen LogP contribution in [0.15, 0.2) is 18.3 Å². The van der Waals surface area contributed by atoms with E-state index in [1.165, 1.54) is 11.0 Å². The second kappa shape index (κ2) is 6.72. The molecule has 9 heteroatoms. The average molecular weight is 370 g/mol.